The van der Waals surface area contributed by atoms with Crippen LogP contribution in [0.1, 0.15) is 19.3 Å². The van der Waals surface area contributed by atoms with Crippen LogP contribution in [0.5, 0.6) is 0 Å². The number of imidazole rings is 1. The smallest absolute Gasteiger partial charge is 0.195 e. The number of aromatic nitrogens is 2. The third-order valence-corrected chi connectivity index (χ3v) is 3.60. The van der Waals surface area contributed by atoms with Gasteiger partial charge in [-0.15, -0.1) is 0 Å². The van der Waals surface area contributed by atoms with Crippen LogP contribution in [0.25, 0.3) is 0 Å². The van der Waals surface area contributed by atoms with E-state index in [9.17, 15) is 8.42 Å². The summed E-state index contributed by atoms with van der Waals surface area (Å²) in [6, 6.07) is 0. The highest BCUT2D eigenvalue weighted by Crippen LogP contribution is 2.08. The van der Waals surface area contributed by atoms with Crippen LogP contribution in [0.15, 0.2) is 17.6 Å². The molecule has 0 aliphatic rings. The van der Waals surface area contributed by atoms with Crippen LogP contribution in [0, 0.1) is 0 Å². The van der Waals surface area contributed by atoms with Crippen LogP contribution in [0.4, 0.5) is 0 Å². The number of nitrogens with zero attached hydrogens (tertiary/aromatic N) is 1. The van der Waals surface area contributed by atoms with Crippen LogP contribution in [-0.2, 0) is 9.84 Å². The van der Waals surface area contributed by atoms with Gasteiger partial charge in [-0.1, -0.05) is 6.42 Å². The first kappa shape index (κ1) is 11.2. The average molecular weight is 218 g/mol. The number of H-pyrrole nitrogens is 1. The van der Waals surface area contributed by atoms with Crippen molar-refractivity contribution < 1.29 is 13.5 Å². The molecule has 1 aromatic heterocycles. The SMILES string of the molecule is O=S(=O)(CCCCCO)c1cnc[nH]1. The zero-order chi connectivity index (χ0) is 10.4. The molecule has 0 aliphatic carbocycles. The first-order valence-electron chi connectivity index (χ1n) is 4.49. The van der Waals surface area contributed by atoms with Crippen LogP contribution < -0.4 is 0 Å². The number of unbranched alkanes of at least 4 members (excludes halogenated alkanes) is 2. The molecule has 1 rings (SSSR count). The van der Waals surface area contributed by atoms with Gasteiger partial charge in [-0.05, 0) is 12.8 Å². The largest absolute Gasteiger partial charge is 0.396 e. The van der Waals surface area contributed by atoms with E-state index in [0.29, 0.717) is 12.8 Å². The molecule has 0 saturated heterocycles. The lowest BCUT2D eigenvalue weighted by Gasteiger charge is -2.00. The van der Waals surface area contributed by atoms with Crippen molar-refractivity contribution in [2.24, 2.45) is 0 Å². The standard InChI is InChI=1S/C8H14N2O3S/c11-4-2-1-3-5-14(12,13)8-6-9-7-10-8/h6-7,11H,1-5H2,(H,9,10). The lowest BCUT2D eigenvalue weighted by Crippen LogP contribution is -2.07. The Labute approximate surface area is 83.1 Å². The molecule has 0 bridgehead atoms. The molecule has 0 aromatic carbocycles. The Bertz CT molecular complexity index is 345. The molecular weight excluding hydrogens is 204 g/mol. The number of aliphatic hydroxyl groups is 1. The van der Waals surface area contributed by atoms with Crippen LogP contribution in [0.3, 0.4) is 0 Å². The van der Waals surface area contributed by atoms with Crippen molar-refractivity contribution >= 4 is 9.84 Å². The molecule has 0 unspecified atom stereocenters. The van der Waals surface area contributed by atoms with Crippen LogP contribution in [-0.4, -0.2) is 35.9 Å². The van der Waals surface area contributed by atoms with Crippen molar-refractivity contribution in [2.75, 3.05) is 12.4 Å². The monoisotopic (exact) mass is 218 g/mol. The highest BCUT2D eigenvalue weighted by Gasteiger charge is 2.14. The Morgan fingerprint density at radius 1 is 1.36 bits per heavy atom. The van der Waals surface area contributed by atoms with Gasteiger partial charge in [-0.25, -0.2) is 13.4 Å². The molecule has 0 spiro atoms. The van der Waals surface area contributed by atoms with Gasteiger partial charge in [0, 0.05) is 6.61 Å². The van der Waals surface area contributed by atoms with E-state index < -0.39 is 9.84 Å². The predicted molar refractivity (Wildman–Crippen MR) is 51.6 cm³/mol. The summed E-state index contributed by atoms with van der Waals surface area (Å²) in [4.78, 5) is 6.23. The summed E-state index contributed by atoms with van der Waals surface area (Å²) in [6.07, 6.45) is 4.60. The number of sulfone groups is 1. The van der Waals surface area contributed by atoms with E-state index in [1.54, 1.807) is 0 Å². The molecule has 5 nitrogen and oxygen atoms in total. The van der Waals surface area contributed by atoms with Crippen molar-refractivity contribution in [3.8, 4) is 0 Å². The Balaban J connectivity index is 2.44. The summed E-state index contributed by atoms with van der Waals surface area (Å²) >= 11 is 0. The van der Waals surface area contributed by atoms with Gasteiger partial charge in [-0.2, -0.15) is 0 Å². The van der Waals surface area contributed by atoms with Crippen molar-refractivity contribution in [3.05, 3.63) is 12.5 Å². The number of aliphatic hydroxyl groups excluding tert-OH is 1. The van der Waals surface area contributed by atoms with E-state index in [2.05, 4.69) is 9.97 Å². The second kappa shape index (κ2) is 5.11. The fourth-order valence-electron chi connectivity index (χ4n) is 1.10. The molecule has 0 atom stereocenters. The number of hydrogen-bond acceptors (Lipinski definition) is 4. The molecule has 0 saturated carbocycles. The van der Waals surface area contributed by atoms with Gasteiger partial charge in [-0.3, -0.25) is 0 Å². The summed E-state index contributed by atoms with van der Waals surface area (Å²) in [5, 5.41) is 8.68. The zero-order valence-corrected chi connectivity index (χ0v) is 8.63. The maximum absolute atomic E-state index is 11.5. The maximum atomic E-state index is 11.5. The Hall–Kier alpha value is -0.880. The minimum absolute atomic E-state index is 0.106. The molecule has 0 amide bonds. The molecule has 1 aromatic rings. The van der Waals surface area contributed by atoms with Gasteiger partial charge in [0.05, 0.1) is 18.3 Å². The van der Waals surface area contributed by atoms with Gasteiger partial charge in [0.15, 0.2) is 14.9 Å². The van der Waals surface area contributed by atoms with Crippen molar-refractivity contribution in [2.45, 2.75) is 24.3 Å². The first-order chi connectivity index (χ1) is 6.67. The van der Waals surface area contributed by atoms with Crippen molar-refractivity contribution in [1.29, 1.82) is 0 Å². The maximum Gasteiger partial charge on any atom is 0.195 e. The Morgan fingerprint density at radius 2 is 2.14 bits per heavy atom. The molecule has 80 valence electrons. The van der Waals surface area contributed by atoms with E-state index in [-0.39, 0.29) is 17.4 Å². The van der Waals surface area contributed by atoms with Crippen molar-refractivity contribution in [3.63, 3.8) is 0 Å². The van der Waals surface area contributed by atoms with E-state index in [1.165, 1.54) is 12.5 Å². The molecule has 2 N–H and O–H groups in total. The second-order valence-corrected chi connectivity index (χ2v) is 5.10. The van der Waals surface area contributed by atoms with Gasteiger partial charge < -0.3 is 10.1 Å². The quantitative estimate of drug-likeness (QED) is 0.675. The minimum Gasteiger partial charge on any atom is -0.396 e. The van der Waals surface area contributed by atoms with Crippen LogP contribution in [0.2, 0.25) is 0 Å². The predicted octanol–water partition coefficient (Wildman–Crippen LogP) is 0.346. The number of nitrogens with one attached hydrogen (secondary N) is 1. The summed E-state index contributed by atoms with van der Waals surface area (Å²) < 4.78 is 23.0. The van der Waals surface area contributed by atoms with E-state index in [1.807, 2.05) is 0 Å². The Morgan fingerprint density at radius 3 is 2.71 bits per heavy atom. The van der Waals surface area contributed by atoms with E-state index in [0.717, 1.165) is 6.42 Å². The molecule has 0 aliphatic heterocycles. The minimum atomic E-state index is -3.20. The van der Waals surface area contributed by atoms with Gasteiger partial charge in [0.2, 0.25) is 0 Å². The molecule has 14 heavy (non-hydrogen) atoms. The number of rotatable bonds is 6. The lowest BCUT2D eigenvalue weighted by molar-refractivity contribution is 0.284. The molecule has 0 radical (unpaired) electrons. The number of aromatic amines is 1. The fourth-order valence-corrected chi connectivity index (χ4v) is 2.36. The van der Waals surface area contributed by atoms with E-state index in [4.69, 9.17) is 5.11 Å². The summed E-state index contributed by atoms with van der Waals surface area (Å²) in [5.41, 5.74) is 0. The van der Waals surface area contributed by atoms with Gasteiger partial charge in [0.1, 0.15) is 0 Å². The lowest BCUT2D eigenvalue weighted by atomic mass is 10.3. The third kappa shape index (κ3) is 3.12. The third-order valence-electron chi connectivity index (χ3n) is 1.88. The normalized spacial score (nSPS) is 11.8. The topological polar surface area (TPSA) is 83.1 Å². The molecule has 0 fully saturated rings. The number of hydrogen-bond donors (Lipinski definition) is 2. The Kier molecular flexibility index (Phi) is 4.09. The highest BCUT2D eigenvalue weighted by molar-refractivity contribution is 7.91. The molecule has 1 heterocycles. The summed E-state index contributed by atoms with van der Waals surface area (Å²) in [5.74, 6) is 0.106. The molecular formula is C8H14N2O3S. The zero-order valence-electron chi connectivity index (χ0n) is 7.81. The molecule has 6 heteroatoms. The average Bonchev–Trinajstić information content (AvgIpc) is 2.65. The second-order valence-electron chi connectivity index (χ2n) is 3.02. The summed E-state index contributed by atoms with van der Waals surface area (Å²) in [6.45, 7) is 0.115. The van der Waals surface area contributed by atoms with Gasteiger partial charge >= 0.3 is 0 Å². The first-order valence-corrected chi connectivity index (χ1v) is 6.14. The van der Waals surface area contributed by atoms with Crippen LogP contribution >= 0.6 is 0 Å². The summed E-state index contributed by atoms with van der Waals surface area (Å²) in [7, 11) is -3.20. The fraction of sp³-hybridized carbons (Fsp3) is 0.625. The van der Waals surface area contributed by atoms with E-state index >= 15 is 0 Å². The highest BCUT2D eigenvalue weighted by atomic mass is 32.2. The van der Waals surface area contributed by atoms with Gasteiger partial charge in [0.25, 0.3) is 0 Å². The van der Waals surface area contributed by atoms with Crippen molar-refractivity contribution in [1.82, 2.24) is 9.97 Å².